The van der Waals surface area contributed by atoms with Gasteiger partial charge in [0.05, 0.1) is 0 Å². The SMILES string of the molecule is C[C@H](N)c1c(F)cccc1N(C)CCCN(C)C. The van der Waals surface area contributed by atoms with E-state index in [2.05, 4.69) is 23.9 Å². The molecule has 4 heteroatoms. The first-order chi connectivity index (χ1) is 8.43. The van der Waals surface area contributed by atoms with Gasteiger partial charge in [-0.25, -0.2) is 4.39 Å². The van der Waals surface area contributed by atoms with Gasteiger partial charge in [-0.15, -0.1) is 0 Å². The van der Waals surface area contributed by atoms with Crippen molar-refractivity contribution in [2.24, 2.45) is 5.73 Å². The summed E-state index contributed by atoms with van der Waals surface area (Å²) in [6.07, 6.45) is 1.04. The molecule has 0 fully saturated rings. The maximum absolute atomic E-state index is 13.8. The van der Waals surface area contributed by atoms with Gasteiger partial charge in [0.25, 0.3) is 0 Å². The fraction of sp³-hybridized carbons (Fsp3) is 0.571. The van der Waals surface area contributed by atoms with E-state index in [0.717, 1.165) is 25.2 Å². The van der Waals surface area contributed by atoms with E-state index in [0.29, 0.717) is 5.56 Å². The van der Waals surface area contributed by atoms with Crippen LogP contribution >= 0.6 is 0 Å². The minimum Gasteiger partial charge on any atom is -0.374 e. The lowest BCUT2D eigenvalue weighted by atomic mass is 10.1. The van der Waals surface area contributed by atoms with E-state index in [1.165, 1.54) is 6.07 Å². The maximum Gasteiger partial charge on any atom is 0.130 e. The second-order valence-electron chi connectivity index (χ2n) is 5.04. The molecular formula is C14H24FN3. The zero-order valence-corrected chi connectivity index (χ0v) is 11.8. The second-order valence-corrected chi connectivity index (χ2v) is 5.04. The molecule has 0 bridgehead atoms. The number of hydrogen-bond acceptors (Lipinski definition) is 3. The van der Waals surface area contributed by atoms with Crippen molar-refractivity contribution < 1.29 is 4.39 Å². The molecule has 0 aliphatic heterocycles. The topological polar surface area (TPSA) is 32.5 Å². The number of benzene rings is 1. The van der Waals surface area contributed by atoms with Crippen LogP contribution in [0.5, 0.6) is 0 Å². The van der Waals surface area contributed by atoms with Gasteiger partial charge in [0.15, 0.2) is 0 Å². The van der Waals surface area contributed by atoms with Gasteiger partial charge in [-0.1, -0.05) is 6.07 Å². The van der Waals surface area contributed by atoms with Crippen molar-refractivity contribution in [1.82, 2.24) is 4.90 Å². The van der Waals surface area contributed by atoms with Gasteiger partial charge in [-0.3, -0.25) is 0 Å². The molecule has 2 N–H and O–H groups in total. The first-order valence-corrected chi connectivity index (χ1v) is 6.33. The van der Waals surface area contributed by atoms with Crippen LogP contribution in [0.3, 0.4) is 0 Å². The molecule has 0 aliphatic rings. The van der Waals surface area contributed by atoms with E-state index >= 15 is 0 Å². The lowest BCUT2D eigenvalue weighted by Crippen LogP contribution is -2.25. The highest BCUT2D eigenvalue weighted by Gasteiger charge is 2.15. The maximum atomic E-state index is 13.8. The van der Waals surface area contributed by atoms with Crippen LogP contribution in [0.4, 0.5) is 10.1 Å². The predicted molar refractivity (Wildman–Crippen MR) is 75.4 cm³/mol. The molecule has 0 amide bonds. The van der Waals surface area contributed by atoms with Crippen LogP contribution in [-0.2, 0) is 0 Å². The Hall–Kier alpha value is -1.13. The lowest BCUT2D eigenvalue weighted by molar-refractivity contribution is 0.401. The Labute approximate surface area is 109 Å². The van der Waals surface area contributed by atoms with Crippen LogP contribution < -0.4 is 10.6 Å². The molecule has 0 aliphatic carbocycles. The van der Waals surface area contributed by atoms with E-state index in [-0.39, 0.29) is 11.9 Å². The highest BCUT2D eigenvalue weighted by Crippen LogP contribution is 2.27. The molecule has 0 saturated heterocycles. The molecule has 1 aromatic rings. The number of halogens is 1. The van der Waals surface area contributed by atoms with E-state index in [1.807, 2.05) is 20.0 Å². The van der Waals surface area contributed by atoms with E-state index in [4.69, 9.17) is 5.73 Å². The number of anilines is 1. The zero-order valence-electron chi connectivity index (χ0n) is 11.8. The summed E-state index contributed by atoms with van der Waals surface area (Å²) in [5, 5.41) is 0. The second kappa shape index (κ2) is 6.71. The molecule has 1 rings (SSSR count). The van der Waals surface area contributed by atoms with Crippen LogP contribution in [-0.4, -0.2) is 39.1 Å². The summed E-state index contributed by atoms with van der Waals surface area (Å²) >= 11 is 0. The summed E-state index contributed by atoms with van der Waals surface area (Å²) in [5.41, 5.74) is 7.35. The van der Waals surface area contributed by atoms with Gasteiger partial charge in [0.1, 0.15) is 5.82 Å². The minimum atomic E-state index is -0.294. The molecule has 0 radical (unpaired) electrons. The van der Waals surface area contributed by atoms with E-state index in [9.17, 15) is 4.39 Å². The van der Waals surface area contributed by atoms with Crippen LogP contribution in [0, 0.1) is 5.82 Å². The third kappa shape index (κ3) is 3.96. The van der Waals surface area contributed by atoms with Crippen molar-refractivity contribution in [3.63, 3.8) is 0 Å². The fourth-order valence-corrected chi connectivity index (χ4v) is 2.05. The Morgan fingerprint density at radius 1 is 1.22 bits per heavy atom. The van der Waals surface area contributed by atoms with Crippen molar-refractivity contribution in [1.29, 1.82) is 0 Å². The van der Waals surface area contributed by atoms with Crippen molar-refractivity contribution in [3.05, 3.63) is 29.6 Å². The highest BCUT2D eigenvalue weighted by atomic mass is 19.1. The summed E-state index contributed by atoms with van der Waals surface area (Å²) < 4.78 is 13.8. The Morgan fingerprint density at radius 2 is 1.89 bits per heavy atom. The number of rotatable bonds is 6. The molecule has 3 nitrogen and oxygen atoms in total. The molecule has 0 heterocycles. The predicted octanol–water partition coefficient (Wildman–Crippen LogP) is 2.23. The Kier molecular flexibility index (Phi) is 5.56. The first kappa shape index (κ1) is 14.9. The van der Waals surface area contributed by atoms with E-state index < -0.39 is 0 Å². The fourth-order valence-electron chi connectivity index (χ4n) is 2.05. The average molecular weight is 253 g/mol. The number of hydrogen-bond donors (Lipinski definition) is 1. The summed E-state index contributed by atoms with van der Waals surface area (Å²) in [5.74, 6) is -0.220. The first-order valence-electron chi connectivity index (χ1n) is 6.33. The van der Waals surface area contributed by atoms with Crippen LogP contribution in [0.1, 0.15) is 24.9 Å². The van der Waals surface area contributed by atoms with Gasteiger partial charge in [-0.2, -0.15) is 0 Å². The molecule has 0 saturated carbocycles. The lowest BCUT2D eigenvalue weighted by Gasteiger charge is -2.25. The highest BCUT2D eigenvalue weighted by molar-refractivity contribution is 5.54. The zero-order chi connectivity index (χ0) is 13.7. The average Bonchev–Trinajstić information content (AvgIpc) is 2.27. The molecular weight excluding hydrogens is 229 g/mol. The van der Waals surface area contributed by atoms with Crippen molar-refractivity contribution in [2.75, 3.05) is 39.1 Å². The van der Waals surface area contributed by atoms with Crippen molar-refractivity contribution >= 4 is 5.69 Å². The summed E-state index contributed by atoms with van der Waals surface area (Å²) in [6.45, 7) is 3.73. The summed E-state index contributed by atoms with van der Waals surface area (Å²) in [7, 11) is 6.08. The monoisotopic (exact) mass is 253 g/mol. The van der Waals surface area contributed by atoms with Gasteiger partial charge in [0.2, 0.25) is 0 Å². The minimum absolute atomic E-state index is 0.220. The summed E-state index contributed by atoms with van der Waals surface area (Å²) in [6, 6.07) is 4.84. The van der Waals surface area contributed by atoms with Crippen molar-refractivity contribution in [2.45, 2.75) is 19.4 Å². The van der Waals surface area contributed by atoms with Crippen LogP contribution in [0.15, 0.2) is 18.2 Å². The van der Waals surface area contributed by atoms with Gasteiger partial charge in [0, 0.05) is 30.9 Å². The quantitative estimate of drug-likeness (QED) is 0.844. The largest absolute Gasteiger partial charge is 0.374 e. The molecule has 18 heavy (non-hydrogen) atoms. The molecule has 1 atom stereocenters. The molecule has 0 aromatic heterocycles. The third-order valence-electron chi connectivity index (χ3n) is 3.00. The smallest absolute Gasteiger partial charge is 0.130 e. The Morgan fingerprint density at radius 3 is 2.44 bits per heavy atom. The Bertz CT molecular complexity index is 377. The normalized spacial score (nSPS) is 12.8. The molecule has 0 unspecified atom stereocenters. The Balaban J connectivity index is 2.78. The van der Waals surface area contributed by atoms with Gasteiger partial charge in [-0.05, 0) is 46.1 Å². The van der Waals surface area contributed by atoms with Gasteiger partial charge < -0.3 is 15.5 Å². The van der Waals surface area contributed by atoms with Crippen LogP contribution in [0.2, 0.25) is 0 Å². The summed E-state index contributed by atoms with van der Waals surface area (Å²) in [4.78, 5) is 4.22. The van der Waals surface area contributed by atoms with E-state index in [1.54, 1.807) is 6.07 Å². The standard InChI is InChI=1S/C14H24FN3/c1-11(16)14-12(15)7-5-8-13(14)18(4)10-6-9-17(2)3/h5,7-8,11H,6,9-10,16H2,1-4H3/t11-/m0/s1. The molecule has 0 spiro atoms. The van der Waals surface area contributed by atoms with Crippen LogP contribution in [0.25, 0.3) is 0 Å². The molecule has 102 valence electrons. The van der Waals surface area contributed by atoms with Crippen molar-refractivity contribution in [3.8, 4) is 0 Å². The molecule has 1 aromatic carbocycles. The number of nitrogens with zero attached hydrogens (tertiary/aromatic N) is 2. The third-order valence-corrected chi connectivity index (χ3v) is 3.00. The van der Waals surface area contributed by atoms with Gasteiger partial charge >= 0.3 is 0 Å². The number of nitrogens with two attached hydrogens (primary N) is 1.